The highest BCUT2D eigenvalue weighted by Crippen LogP contribution is 2.24. The Morgan fingerprint density at radius 2 is 1.76 bits per heavy atom. The van der Waals surface area contributed by atoms with Gasteiger partial charge in [-0.05, 0) is 24.7 Å². The van der Waals surface area contributed by atoms with Crippen molar-refractivity contribution in [3.8, 4) is 0 Å². The van der Waals surface area contributed by atoms with Gasteiger partial charge in [0.1, 0.15) is 5.82 Å². The van der Waals surface area contributed by atoms with Crippen molar-refractivity contribution < 1.29 is 0 Å². The molecule has 1 rings (SSSR count). The van der Waals surface area contributed by atoms with Crippen molar-refractivity contribution in [3.05, 3.63) is 5.69 Å². The van der Waals surface area contributed by atoms with E-state index in [4.69, 9.17) is 5.73 Å². The molecule has 0 saturated carbocycles. The smallest absolute Gasteiger partial charge is 0.147 e. The molecule has 0 aliphatic rings. The topological polar surface area (TPSA) is 55.9 Å². The molecule has 0 bridgehead atoms. The van der Waals surface area contributed by atoms with Crippen LogP contribution < -0.4 is 11.1 Å². The summed E-state index contributed by atoms with van der Waals surface area (Å²) < 4.78 is 1.82. The van der Waals surface area contributed by atoms with E-state index in [0.29, 0.717) is 17.8 Å². The molecule has 0 aliphatic carbocycles. The molecule has 0 fully saturated rings. The Kier molecular flexibility index (Phi) is 4.43. The first kappa shape index (κ1) is 13.9. The summed E-state index contributed by atoms with van der Waals surface area (Å²) in [5, 5.41) is 7.75. The Morgan fingerprint density at radius 1 is 1.24 bits per heavy atom. The van der Waals surface area contributed by atoms with Crippen LogP contribution in [-0.2, 0) is 7.05 Å². The fourth-order valence-corrected chi connectivity index (χ4v) is 2.34. The molecule has 0 saturated heterocycles. The number of nitrogens with two attached hydrogens (primary N) is 1. The van der Waals surface area contributed by atoms with Gasteiger partial charge in [0, 0.05) is 13.6 Å². The van der Waals surface area contributed by atoms with E-state index in [1.807, 2.05) is 18.7 Å². The molecule has 17 heavy (non-hydrogen) atoms. The third-order valence-corrected chi connectivity index (χ3v) is 3.49. The third kappa shape index (κ3) is 3.14. The van der Waals surface area contributed by atoms with Crippen LogP contribution in [0.4, 0.5) is 11.5 Å². The van der Waals surface area contributed by atoms with Crippen molar-refractivity contribution in [2.45, 2.75) is 34.6 Å². The summed E-state index contributed by atoms with van der Waals surface area (Å²) in [7, 11) is 1.92. The maximum atomic E-state index is 6.00. The Hall–Kier alpha value is -1.19. The monoisotopic (exact) mass is 238 g/mol. The van der Waals surface area contributed by atoms with E-state index >= 15 is 0 Å². The second-order valence-electron chi connectivity index (χ2n) is 5.50. The molecule has 3 N–H and O–H groups in total. The average molecular weight is 238 g/mol. The summed E-state index contributed by atoms with van der Waals surface area (Å²) in [6.45, 7) is 11.9. The highest BCUT2D eigenvalue weighted by Gasteiger charge is 2.18. The molecule has 0 amide bonds. The number of hydrogen-bond acceptors (Lipinski definition) is 3. The van der Waals surface area contributed by atoms with E-state index in [2.05, 4.69) is 38.1 Å². The van der Waals surface area contributed by atoms with Crippen LogP contribution in [0.25, 0.3) is 0 Å². The zero-order chi connectivity index (χ0) is 13.2. The summed E-state index contributed by atoms with van der Waals surface area (Å²) in [5.74, 6) is 2.91. The van der Waals surface area contributed by atoms with E-state index in [-0.39, 0.29) is 0 Å². The van der Waals surface area contributed by atoms with Crippen LogP contribution in [0.2, 0.25) is 0 Å². The predicted octanol–water partition coefficient (Wildman–Crippen LogP) is 2.65. The molecular weight excluding hydrogens is 212 g/mol. The van der Waals surface area contributed by atoms with Crippen LogP contribution in [0, 0.1) is 24.7 Å². The average Bonchev–Trinajstić information content (AvgIpc) is 2.43. The molecule has 1 heterocycles. The van der Waals surface area contributed by atoms with Crippen LogP contribution >= 0.6 is 0 Å². The zero-order valence-corrected chi connectivity index (χ0v) is 11.9. The van der Waals surface area contributed by atoms with Gasteiger partial charge in [-0.1, -0.05) is 27.7 Å². The minimum Gasteiger partial charge on any atom is -0.394 e. The molecule has 0 atom stereocenters. The largest absolute Gasteiger partial charge is 0.394 e. The Morgan fingerprint density at radius 3 is 2.12 bits per heavy atom. The number of hydrogen-bond donors (Lipinski definition) is 2. The van der Waals surface area contributed by atoms with Crippen molar-refractivity contribution >= 4 is 11.5 Å². The normalized spacial score (nSPS) is 11.8. The molecule has 1 aromatic heterocycles. The molecule has 0 spiro atoms. The number of anilines is 2. The van der Waals surface area contributed by atoms with E-state index in [1.54, 1.807) is 0 Å². The van der Waals surface area contributed by atoms with Gasteiger partial charge in [0.25, 0.3) is 0 Å². The van der Waals surface area contributed by atoms with E-state index in [1.165, 1.54) is 0 Å². The molecule has 98 valence electrons. The van der Waals surface area contributed by atoms with Crippen LogP contribution in [0.3, 0.4) is 0 Å². The predicted molar refractivity (Wildman–Crippen MR) is 74.0 cm³/mol. The zero-order valence-electron chi connectivity index (χ0n) is 11.9. The van der Waals surface area contributed by atoms with Gasteiger partial charge in [0.15, 0.2) is 0 Å². The maximum absolute atomic E-state index is 6.00. The number of aryl methyl sites for hydroxylation is 2. The molecule has 0 aliphatic heterocycles. The molecule has 0 aromatic carbocycles. The SMILES string of the molecule is Cc1nn(C)c(NCC(C(C)C)C(C)C)c1N. The van der Waals surface area contributed by atoms with Gasteiger partial charge in [-0.25, -0.2) is 0 Å². The van der Waals surface area contributed by atoms with Gasteiger partial charge >= 0.3 is 0 Å². The standard InChI is InChI=1S/C13H26N4/c1-8(2)11(9(3)4)7-15-13-12(14)10(5)16-17(13)6/h8-9,11,15H,7,14H2,1-6H3. The van der Waals surface area contributed by atoms with E-state index in [0.717, 1.165) is 23.7 Å². The van der Waals surface area contributed by atoms with Crippen molar-refractivity contribution in [2.75, 3.05) is 17.6 Å². The number of aromatic nitrogens is 2. The summed E-state index contributed by atoms with van der Waals surface area (Å²) in [6.07, 6.45) is 0. The van der Waals surface area contributed by atoms with Gasteiger partial charge in [0.05, 0.1) is 11.4 Å². The second-order valence-corrected chi connectivity index (χ2v) is 5.50. The lowest BCUT2D eigenvalue weighted by molar-refractivity contribution is 0.304. The number of nitrogens with zero attached hydrogens (tertiary/aromatic N) is 2. The minimum atomic E-state index is 0.643. The highest BCUT2D eigenvalue weighted by atomic mass is 15.3. The van der Waals surface area contributed by atoms with Gasteiger partial charge in [-0.2, -0.15) is 5.10 Å². The van der Waals surface area contributed by atoms with Crippen molar-refractivity contribution in [2.24, 2.45) is 24.8 Å². The van der Waals surface area contributed by atoms with Gasteiger partial charge < -0.3 is 11.1 Å². The molecule has 4 heteroatoms. The Balaban J connectivity index is 2.72. The molecule has 0 radical (unpaired) electrons. The van der Waals surface area contributed by atoms with Crippen LogP contribution in [0.1, 0.15) is 33.4 Å². The molecule has 1 aromatic rings. The summed E-state index contributed by atoms with van der Waals surface area (Å²) in [6, 6.07) is 0. The summed E-state index contributed by atoms with van der Waals surface area (Å²) in [5.41, 5.74) is 7.65. The molecular formula is C13H26N4. The lowest BCUT2D eigenvalue weighted by atomic mass is 9.85. The summed E-state index contributed by atoms with van der Waals surface area (Å²) >= 11 is 0. The molecule has 0 unspecified atom stereocenters. The molecule has 4 nitrogen and oxygen atoms in total. The van der Waals surface area contributed by atoms with E-state index in [9.17, 15) is 0 Å². The van der Waals surface area contributed by atoms with Crippen molar-refractivity contribution in [1.82, 2.24) is 9.78 Å². The fourth-order valence-electron chi connectivity index (χ4n) is 2.34. The number of nitrogen functional groups attached to an aromatic ring is 1. The van der Waals surface area contributed by atoms with Crippen LogP contribution in [-0.4, -0.2) is 16.3 Å². The highest BCUT2D eigenvalue weighted by molar-refractivity contribution is 5.64. The van der Waals surface area contributed by atoms with Crippen LogP contribution in [0.5, 0.6) is 0 Å². The maximum Gasteiger partial charge on any atom is 0.147 e. The second kappa shape index (κ2) is 5.43. The fraction of sp³-hybridized carbons (Fsp3) is 0.769. The van der Waals surface area contributed by atoms with Crippen molar-refractivity contribution in [3.63, 3.8) is 0 Å². The first-order valence-corrected chi connectivity index (χ1v) is 6.37. The Bertz CT molecular complexity index is 358. The first-order chi connectivity index (χ1) is 7.84. The lowest BCUT2D eigenvalue weighted by Gasteiger charge is -2.25. The summed E-state index contributed by atoms with van der Waals surface area (Å²) in [4.78, 5) is 0. The number of nitrogens with one attached hydrogen (secondary N) is 1. The number of rotatable bonds is 5. The van der Waals surface area contributed by atoms with Crippen molar-refractivity contribution in [1.29, 1.82) is 0 Å². The Labute approximate surface area is 105 Å². The quantitative estimate of drug-likeness (QED) is 0.829. The van der Waals surface area contributed by atoms with E-state index < -0.39 is 0 Å². The van der Waals surface area contributed by atoms with Gasteiger partial charge in [0.2, 0.25) is 0 Å². The van der Waals surface area contributed by atoms with Gasteiger partial charge in [-0.15, -0.1) is 0 Å². The first-order valence-electron chi connectivity index (χ1n) is 6.37. The van der Waals surface area contributed by atoms with Gasteiger partial charge in [-0.3, -0.25) is 4.68 Å². The third-order valence-electron chi connectivity index (χ3n) is 3.49. The van der Waals surface area contributed by atoms with Crippen LogP contribution in [0.15, 0.2) is 0 Å². The minimum absolute atomic E-state index is 0.643. The lowest BCUT2D eigenvalue weighted by Crippen LogP contribution is -2.25.